The Hall–Kier alpha value is -1.42. The predicted octanol–water partition coefficient (Wildman–Crippen LogP) is 2.87. The van der Waals surface area contributed by atoms with Crippen molar-refractivity contribution in [2.24, 2.45) is 5.73 Å². The maximum Gasteiger partial charge on any atom is 0.125 e. The van der Waals surface area contributed by atoms with Gasteiger partial charge in [0.2, 0.25) is 0 Å². The molecule has 0 aliphatic heterocycles. The van der Waals surface area contributed by atoms with Crippen LogP contribution in [0, 0.1) is 5.82 Å². The molecule has 0 aliphatic carbocycles. The molecular formula is C14H20FN3. The van der Waals surface area contributed by atoms with Gasteiger partial charge in [-0.1, -0.05) is 6.92 Å². The van der Waals surface area contributed by atoms with Crippen molar-refractivity contribution in [1.82, 2.24) is 9.55 Å². The summed E-state index contributed by atoms with van der Waals surface area (Å²) in [4.78, 5) is 4.59. The number of aromatic nitrogens is 2. The van der Waals surface area contributed by atoms with E-state index in [0.29, 0.717) is 0 Å². The SMILES string of the molecule is CCCn1c(CCC(C)N)nc2ccc(F)cc21. The molecule has 1 unspecified atom stereocenters. The van der Waals surface area contributed by atoms with Gasteiger partial charge in [0, 0.05) is 19.0 Å². The Labute approximate surface area is 107 Å². The molecule has 0 amide bonds. The third-order valence-corrected chi connectivity index (χ3v) is 3.06. The minimum absolute atomic E-state index is 0.164. The van der Waals surface area contributed by atoms with Crippen LogP contribution in [-0.2, 0) is 13.0 Å². The molecule has 4 heteroatoms. The maximum atomic E-state index is 13.3. The highest BCUT2D eigenvalue weighted by molar-refractivity contribution is 5.76. The lowest BCUT2D eigenvalue weighted by atomic mass is 10.2. The quantitative estimate of drug-likeness (QED) is 0.885. The van der Waals surface area contributed by atoms with Gasteiger partial charge < -0.3 is 10.3 Å². The van der Waals surface area contributed by atoms with Crippen LogP contribution in [0.3, 0.4) is 0 Å². The minimum atomic E-state index is -0.210. The normalized spacial score (nSPS) is 13.1. The number of rotatable bonds is 5. The maximum absolute atomic E-state index is 13.3. The van der Waals surface area contributed by atoms with Crippen molar-refractivity contribution in [3.63, 3.8) is 0 Å². The standard InChI is InChI=1S/C14H20FN3/c1-3-8-18-13-9-11(15)5-6-12(13)17-14(18)7-4-10(2)16/h5-6,9-10H,3-4,7-8,16H2,1-2H3. The predicted molar refractivity (Wildman–Crippen MR) is 72.0 cm³/mol. The molecule has 2 aromatic rings. The summed E-state index contributed by atoms with van der Waals surface area (Å²) < 4.78 is 15.4. The zero-order valence-corrected chi connectivity index (χ0v) is 11.0. The fraction of sp³-hybridized carbons (Fsp3) is 0.500. The van der Waals surface area contributed by atoms with Crippen molar-refractivity contribution in [3.8, 4) is 0 Å². The molecule has 1 heterocycles. The lowest BCUT2D eigenvalue weighted by Crippen LogP contribution is -2.16. The van der Waals surface area contributed by atoms with E-state index in [1.165, 1.54) is 6.07 Å². The van der Waals surface area contributed by atoms with E-state index in [9.17, 15) is 4.39 Å². The van der Waals surface area contributed by atoms with Gasteiger partial charge in [-0.2, -0.15) is 0 Å². The van der Waals surface area contributed by atoms with E-state index in [1.54, 1.807) is 12.1 Å². The second-order valence-electron chi connectivity index (χ2n) is 4.83. The molecule has 3 nitrogen and oxygen atoms in total. The van der Waals surface area contributed by atoms with Gasteiger partial charge >= 0.3 is 0 Å². The first-order chi connectivity index (χ1) is 8.61. The van der Waals surface area contributed by atoms with Crippen LogP contribution in [0.2, 0.25) is 0 Å². The zero-order chi connectivity index (χ0) is 13.1. The Morgan fingerprint density at radius 1 is 1.44 bits per heavy atom. The number of nitrogens with zero attached hydrogens (tertiary/aromatic N) is 2. The number of fused-ring (bicyclic) bond motifs is 1. The van der Waals surface area contributed by atoms with E-state index in [2.05, 4.69) is 16.5 Å². The van der Waals surface area contributed by atoms with Crippen molar-refractivity contribution < 1.29 is 4.39 Å². The highest BCUT2D eigenvalue weighted by atomic mass is 19.1. The Kier molecular flexibility index (Phi) is 3.97. The van der Waals surface area contributed by atoms with E-state index >= 15 is 0 Å². The fourth-order valence-corrected chi connectivity index (χ4v) is 2.17. The Bertz CT molecular complexity index is 531. The first-order valence-electron chi connectivity index (χ1n) is 6.52. The fourth-order valence-electron chi connectivity index (χ4n) is 2.17. The molecule has 1 aromatic heterocycles. The molecule has 0 spiro atoms. The van der Waals surface area contributed by atoms with Gasteiger partial charge in [-0.15, -0.1) is 0 Å². The Morgan fingerprint density at radius 2 is 2.22 bits per heavy atom. The number of hydrogen-bond acceptors (Lipinski definition) is 2. The van der Waals surface area contributed by atoms with Gasteiger partial charge in [0.15, 0.2) is 0 Å². The zero-order valence-electron chi connectivity index (χ0n) is 11.0. The summed E-state index contributed by atoms with van der Waals surface area (Å²) in [5.41, 5.74) is 7.54. The van der Waals surface area contributed by atoms with E-state index in [4.69, 9.17) is 5.73 Å². The first-order valence-corrected chi connectivity index (χ1v) is 6.52. The lowest BCUT2D eigenvalue weighted by Gasteiger charge is -2.09. The van der Waals surface area contributed by atoms with Gasteiger partial charge in [-0.25, -0.2) is 9.37 Å². The van der Waals surface area contributed by atoms with E-state index < -0.39 is 0 Å². The topological polar surface area (TPSA) is 43.8 Å². The molecule has 0 saturated heterocycles. The molecule has 2 N–H and O–H groups in total. The molecule has 1 aromatic carbocycles. The van der Waals surface area contributed by atoms with E-state index in [0.717, 1.165) is 42.7 Å². The molecule has 0 saturated carbocycles. The van der Waals surface area contributed by atoms with Gasteiger partial charge in [0.25, 0.3) is 0 Å². The van der Waals surface area contributed by atoms with Gasteiger partial charge in [0.05, 0.1) is 11.0 Å². The third-order valence-electron chi connectivity index (χ3n) is 3.06. The largest absolute Gasteiger partial charge is 0.328 e. The van der Waals surface area contributed by atoms with Gasteiger partial charge in [-0.3, -0.25) is 0 Å². The summed E-state index contributed by atoms with van der Waals surface area (Å²) in [6.45, 7) is 4.97. The summed E-state index contributed by atoms with van der Waals surface area (Å²) in [5, 5.41) is 0. The Balaban J connectivity index is 2.41. The molecule has 2 rings (SSSR count). The monoisotopic (exact) mass is 249 g/mol. The van der Waals surface area contributed by atoms with Crippen LogP contribution in [0.25, 0.3) is 11.0 Å². The lowest BCUT2D eigenvalue weighted by molar-refractivity contribution is 0.599. The van der Waals surface area contributed by atoms with Crippen molar-refractivity contribution in [3.05, 3.63) is 29.8 Å². The molecule has 98 valence electrons. The molecule has 0 fully saturated rings. The van der Waals surface area contributed by atoms with Crippen LogP contribution in [-0.4, -0.2) is 15.6 Å². The Morgan fingerprint density at radius 3 is 2.89 bits per heavy atom. The minimum Gasteiger partial charge on any atom is -0.328 e. The van der Waals surface area contributed by atoms with Crippen molar-refractivity contribution >= 4 is 11.0 Å². The van der Waals surface area contributed by atoms with Crippen LogP contribution in [0.1, 0.15) is 32.5 Å². The number of benzene rings is 1. The van der Waals surface area contributed by atoms with Gasteiger partial charge in [0.1, 0.15) is 11.6 Å². The first kappa shape index (κ1) is 13.0. The smallest absolute Gasteiger partial charge is 0.125 e. The third kappa shape index (κ3) is 2.70. The van der Waals surface area contributed by atoms with Gasteiger partial charge in [-0.05, 0) is 38.0 Å². The number of nitrogens with two attached hydrogens (primary N) is 1. The molecular weight excluding hydrogens is 229 g/mol. The summed E-state index contributed by atoms with van der Waals surface area (Å²) in [6, 6.07) is 4.93. The average molecular weight is 249 g/mol. The summed E-state index contributed by atoms with van der Waals surface area (Å²) >= 11 is 0. The van der Waals surface area contributed by atoms with Crippen LogP contribution in [0.4, 0.5) is 4.39 Å². The summed E-state index contributed by atoms with van der Waals surface area (Å²) in [5.74, 6) is 0.799. The average Bonchev–Trinajstić information content (AvgIpc) is 2.65. The van der Waals surface area contributed by atoms with Crippen molar-refractivity contribution in [2.45, 2.75) is 45.7 Å². The number of halogens is 1. The van der Waals surface area contributed by atoms with Crippen LogP contribution in [0.15, 0.2) is 18.2 Å². The molecule has 18 heavy (non-hydrogen) atoms. The second-order valence-corrected chi connectivity index (χ2v) is 4.83. The highest BCUT2D eigenvalue weighted by Crippen LogP contribution is 2.19. The number of aryl methyl sites for hydroxylation is 2. The molecule has 0 aliphatic rings. The van der Waals surface area contributed by atoms with Crippen LogP contribution >= 0.6 is 0 Å². The number of hydrogen-bond donors (Lipinski definition) is 1. The molecule has 0 radical (unpaired) electrons. The number of imidazole rings is 1. The highest BCUT2D eigenvalue weighted by Gasteiger charge is 2.11. The second kappa shape index (κ2) is 5.48. The molecule has 1 atom stereocenters. The van der Waals surface area contributed by atoms with Crippen molar-refractivity contribution in [1.29, 1.82) is 0 Å². The van der Waals surface area contributed by atoms with E-state index in [-0.39, 0.29) is 11.9 Å². The van der Waals surface area contributed by atoms with Crippen molar-refractivity contribution in [2.75, 3.05) is 0 Å². The van der Waals surface area contributed by atoms with E-state index in [1.807, 2.05) is 6.92 Å². The van der Waals surface area contributed by atoms with Crippen LogP contribution < -0.4 is 5.73 Å². The summed E-state index contributed by atoms with van der Waals surface area (Å²) in [7, 11) is 0. The van der Waals surface area contributed by atoms with Crippen LogP contribution in [0.5, 0.6) is 0 Å². The molecule has 0 bridgehead atoms. The summed E-state index contributed by atoms with van der Waals surface area (Å²) in [6.07, 6.45) is 2.75.